The van der Waals surface area contributed by atoms with Gasteiger partial charge in [-0.05, 0) is 55.6 Å². The number of carbonyl (C=O) groups is 2. The zero-order valence-corrected chi connectivity index (χ0v) is 18.3. The Morgan fingerprint density at radius 1 is 0.724 bits per heavy atom. The molecule has 1 aromatic carbocycles. The zero-order valence-electron chi connectivity index (χ0n) is 18.3. The second-order valence-corrected chi connectivity index (χ2v) is 9.93. The Morgan fingerprint density at radius 2 is 1.28 bits per heavy atom. The van der Waals surface area contributed by atoms with Gasteiger partial charge < -0.3 is 0 Å². The number of rotatable bonds is 11. The molecule has 0 radical (unpaired) electrons. The van der Waals surface area contributed by atoms with Gasteiger partial charge in [0.05, 0.1) is 0 Å². The number of carbonyl (C=O) groups excluding carboxylic acids is 2. The van der Waals surface area contributed by atoms with E-state index in [0.29, 0.717) is 11.8 Å². The second kappa shape index (κ2) is 9.58. The van der Waals surface area contributed by atoms with Gasteiger partial charge in [0, 0.05) is 23.0 Å². The van der Waals surface area contributed by atoms with E-state index in [2.05, 4.69) is 19.1 Å². The van der Waals surface area contributed by atoms with Gasteiger partial charge in [-0.2, -0.15) is 0 Å². The second-order valence-electron chi connectivity index (χ2n) is 9.93. The van der Waals surface area contributed by atoms with E-state index >= 15 is 0 Å². The maximum Gasteiger partial charge on any atom is 0.167 e. The van der Waals surface area contributed by atoms with Gasteiger partial charge in [0.15, 0.2) is 11.6 Å². The van der Waals surface area contributed by atoms with Crippen molar-refractivity contribution in [1.29, 1.82) is 0 Å². The summed E-state index contributed by atoms with van der Waals surface area (Å²) in [6.45, 7) is 2.27. The van der Waals surface area contributed by atoms with Crippen LogP contribution in [0.15, 0.2) is 18.2 Å². The van der Waals surface area contributed by atoms with Crippen molar-refractivity contribution in [2.75, 3.05) is 0 Å². The van der Waals surface area contributed by atoms with Crippen molar-refractivity contribution in [1.82, 2.24) is 0 Å². The van der Waals surface area contributed by atoms with Gasteiger partial charge in [0.25, 0.3) is 0 Å². The zero-order chi connectivity index (χ0) is 20.2. The van der Waals surface area contributed by atoms with Gasteiger partial charge in [-0.15, -0.1) is 0 Å². The van der Waals surface area contributed by atoms with Crippen LogP contribution in [0.4, 0.5) is 0 Å². The Labute approximate surface area is 176 Å². The first-order valence-electron chi connectivity index (χ1n) is 12.4. The number of benzene rings is 1. The van der Waals surface area contributed by atoms with Crippen LogP contribution in [-0.2, 0) is 6.42 Å². The van der Waals surface area contributed by atoms with Crippen LogP contribution in [0.3, 0.4) is 0 Å². The fourth-order valence-electron chi connectivity index (χ4n) is 6.39. The fraction of sp³-hybridized carbons (Fsp3) is 0.704. The predicted octanol–water partition coefficient (Wildman–Crippen LogP) is 7.19. The highest BCUT2D eigenvalue weighted by Gasteiger charge is 2.56. The summed E-state index contributed by atoms with van der Waals surface area (Å²) in [7, 11) is 0. The third kappa shape index (κ3) is 4.37. The number of Topliss-reactive ketones (excluding diaryl/α,β-unsaturated/α-hetero) is 2. The van der Waals surface area contributed by atoms with Crippen LogP contribution in [0.2, 0.25) is 0 Å². The number of hydrogen-bond acceptors (Lipinski definition) is 2. The molecule has 2 fully saturated rings. The van der Waals surface area contributed by atoms with Crippen LogP contribution in [0, 0.1) is 23.7 Å². The molecule has 0 saturated heterocycles. The summed E-state index contributed by atoms with van der Waals surface area (Å²) >= 11 is 0. The summed E-state index contributed by atoms with van der Waals surface area (Å²) in [4.78, 5) is 26.2. The van der Waals surface area contributed by atoms with E-state index in [-0.39, 0.29) is 23.4 Å². The molecule has 2 saturated carbocycles. The maximum atomic E-state index is 13.2. The van der Waals surface area contributed by atoms with Crippen molar-refractivity contribution in [2.45, 2.75) is 96.8 Å². The van der Waals surface area contributed by atoms with Crippen LogP contribution in [0.25, 0.3) is 0 Å². The van der Waals surface area contributed by atoms with Crippen molar-refractivity contribution in [3.05, 3.63) is 34.9 Å². The van der Waals surface area contributed by atoms with Crippen molar-refractivity contribution < 1.29 is 9.59 Å². The van der Waals surface area contributed by atoms with Crippen molar-refractivity contribution in [2.24, 2.45) is 23.7 Å². The van der Waals surface area contributed by atoms with E-state index in [1.807, 2.05) is 6.07 Å². The summed E-state index contributed by atoms with van der Waals surface area (Å²) < 4.78 is 0. The standard InChI is InChI=1S/C27H38O2/c1-2-3-4-5-6-7-8-9-10-11-12-19-13-16-22-23(17-19)27(29)25-21-15-14-20(18-21)24(25)26(22)28/h13,16-17,20-21,24-25H,2-12,14-15,18H2,1H3. The minimum absolute atomic E-state index is 0.00123. The first kappa shape index (κ1) is 20.8. The Bertz CT molecular complexity index is 734. The van der Waals surface area contributed by atoms with E-state index in [1.165, 1.54) is 69.8 Å². The van der Waals surface area contributed by atoms with Crippen LogP contribution in [0.1, 0.15) is 117 Å². The lowest BCUT2D eigenvalue weighted by Crippen LogP contribution is -2.40. The third-order valence-corrected chi connectivity index (χ3v) is 7.96. The number of aryl methyl sites for hydroxylation is 1. The summed E-state index contributed by atoms with van der Waals surface area (Å²) in [5.74, 6) is 1.49. The van der Waals surface area contributed by atoms with E-state index in [1.54, 1.807) is 0 Å². The lowest BCUT2D eigenvalue weighted by Gasteiger charge is -2.33. The topological polar surface area (TPSA) is 34.1 Å². The first-order valence-corrected chi connectivity index (χ1v) is 12.4. The van der Waals surface area contributed by atoms with Gasteiger partial charge >= 0.3 is 0 Å². The molecule has 0 aliphatic heterocycles. The van der Waals surface area contributed by atoms with E-state index in [4.69, 9.17) is 0 Å². The highest BCUT2D eigenvalue weighted by atomic mass is 16.1. The molecule has 29 heavy (non-hydrogen) atoms. The van der Waals surface area contributed by atoms with Crippen LogP contribution in [-0.4, -0.2) is 11.6 Å². The molecule has 158 valence electrons. The lowest BCUT2D eigenvalue weighted by atomic mass is 9.67. The number of fused-ring (bicyclic) bond motifs is 6. The molecule has 4 unspecified atom stereocenters. The lowest BCUT2D eigenvalue weighted by molar-refractivity contribution is 0.0661. The molecule has 4 atom stereocenters. The fourth-order valence-corrected chi connectivity index (χ4v) is 6.39. The molecule has 1 aromatic rings. The monoisotopic (exact) mass is 394 g/mol. The Morgan fingerprint density at radius 3 is 1.90 bits per heavy atom. The average Bonchev–Trinajstić information content (AvgIpc) is 3.35. The van der Waals surface area contributed by atoms with Gasteiger partial charge in [0.2, 0.25) is 0 Å². The van der Waals surface area contributed by atoms with Crippen LogP contribution in [0.5, 0.6) is 0 Å². The minimum atomic E-state index is 0.00123. The van der Waals surface area contributed by atoms with E-state index in [9.17, 15) is 9.59 Å². The number of unbranched alkanes of at least 4 members (excludes halogenated alkanes) is 9. The Kier molecular flexibility index (Phi) is 6.88. The van der Waals surface area contributed by atoms with E-state index in [0.717, 1.165) is 36.8 Å². The van der Waals surface area contributed by atoms with Crippen molar-refractivity contribution >= 4 is 11.6 Å². The molecule has 3 aliphatic rings. The number of hydrogen-bond donors (Lipinski definition) is 0. The smallest absolute Gasteiger partial charge is 0.167 e. The predicted molar refractivity (Wildman–Crippen MR) is 118 cm³/mol. The Balaban J connectivity index is 1.24. The normalized spacial score (nSPS) is 27.3. The minimum Gasteiger partial charge on any atom is -0.294 e. The molecule has 2 heteroatoms. The molecule has 0 N–H and O–H groups in total. The molecule has 0 heterocycles. The van der Waals surface area contributed by atoms with Gasteiger partial charge in [-0.25, -0.2) is 0 Å². The Hall–Kier alpha value is -1.44. The molecule has 2 bridgehead atoms. The molecular weight excluding hydrogens is 356 g/mol. The van der Waals surface area contributed by atoms with Crippen LogP contribution >= 0.6 is 0 Å². The average molecular weight is 395 g/mol. The molecule has 0 amide bonds. The summed E-state index contributed by atoms with van der Waals surface area (Å²) in [5.41, 5.74) is 2.70. The maximum absolute atomic E-state index is 13.2. The SMILES string of the molecule is CCCCCCCCCCCCc1ccc2c(c1)C(=O)C1C3CCC(C3)C1C2=O. The van der Waals surface area contributed by atoms with Crippen molar-refractivity contribution in [3.63, 3.8) is 0 Å². The molecule has 4 rings (SSSR count). The molecular formula is C27H38O2. The third-order valence-electron chi connectivity index (χ3n) is 7.96. The highest BCUT2D eigenvalue weighted by molar-refractivity contribution is 6.16. The van der Waals surface area contributed by atoms with Crippen LogP contribution < -0.4 is 0 Å². The summed E-state index contributed by atoms with van der Waals surface area (Å²) in [6, 6.07) is 6.13. The van der Waals surface area contributed by atoms with Crippen molar-refractivity contribution in [3.8, 4) is 0 Å². The largest absolute Gasteiger partial charge is 0.294 e. The molecule has 2 nitrogen and oxygen atoms in total. The summed E-state index contributed by atoms with van der Waals surface area (Å²) in [5, 5.41) is 0. The van der Waals surface area contributed by atoms with E-state index < -0.39 is 0 Å². The van der Waals surface area contributed by atoms with Gasteiger partial charge in [-0.1, -0.05) is 76.8 Å². The van der Waals surface area contributed by atoms with Gasteiger partial charge in [-0.3, -0.25) is 9.59 Å². The number of ketones is 2. The molecule has 0 aromatic heterocycles. The molecule has 3 aliphatic carbocycles. The first-order chi connectivity index (χ1) is 14.2. The van der Waals surface area contributed by atoms with Gasteiger partial charge in [0.1, 0.15) is 0 Å². The highest BCUT2D eigenvalue weighted by Crippen LogP contribution is 2.56. The summed E-state index contributed by atoms with van der Waals surface area (Å²) in [6.07, 6.45) is 17.9. The molecule has 0 spiro atoms. The quantitative estimate of drug-likeness (QED) is 0.372.